The topological polar surface area (TPSA) is 20.3 Å². The van der Waals surface area contributed by atoms with Crippen LogP contribution in [0.1, 0.15) is 28.3 Å². The predicted octanol–water partition coefficient (Wildman–Crippen LogP) is 4.05. The van der Waals surface area contributed by atoms with Gasteiger partial charge in [0.1, 0.15) is 0 Å². The van der Waals surface area contributed by atoms with Crippen molar-refractivity contribution in [3.63, 3.8) is 0 Å². The first-order valence-electron chi connectivity index (χ1n) is 7.32. The second kappa shape index (κ2) is 5.96. The maximum Gasteiger partial charge on any atom is 0.163 e. The van der Waals surface area contributed by atoms with Crippen LogP contribution in [0.4, 0.5) is 5.69 Å². The standard InChI is InChI=1S/C19H19NO/c1-2-12-20-14-16(17-10-6-7-11-18(17)20)13-19(21)15-8-4-3-5-9-15/h2-11,16H,1,12-14H2. The zero-order valence-electron chi connectivity index (χ0n) is 12.0. The molecule has 3 rings (SSSR count). The molecule has 1 aliphatic heterocycles. The third-order valence-corrected chi connectivity index (χ3v) is 4.04. The SMILES string of the molecule is C=CCN1CC(CC(=O)c2ccccc2)c2ccccc21. The summed E-state index contributed by atoms with van der Waals surface area (Å²) in [5, 5.41) is 0. The summed E-state index contributed by atoms with van der Waals surface area (Å²) in [4.78, 5) is 14.7. The van der Waals surface area contributed by atoms with Crippen molar-refractivity contribution in [1.29, 1.82) is 0 Å². The Labute approximate surface area is 125 Å². The van der Waals surface area contributed by atoms with Gasteiger partial charge in [-0.15, -0.1) is 6.58 Å². The van der Waals surface area contributed by atoms with Crippen LogP contribution in [0.25, 0.3) is 0 Å². The minimum Gasteiger partial charge on any atom is -0.367 e. The maximum atomic E-state index is 12.4. The molecule has 0 saturated heterocycles. The van der Waals surface area contributed by atoms with E-state index in [-0.39, 0.29) is 11.7 Å². The first kappa shape index (κ1) is 13.6. The summed E-state index contributed by atoms with van der Waals surface area (Å²) >= 11 is 0. The fourth-order valence-corrected chi connectivity index (χ4v) is 3.05. The molecule has 106 valence electrons. The van der Waals surface area contributed by atoms with Gasteiger partial charge in [-0.05, 0) is 11.6 Å². The molecule has 0 fully saturated rings. The number of ketones is 1. The highest BCUT2D eigenvalue weighted by atomic mass is 16.1. The molecule has 0 aromatic heterocycles. The van der Waals surface area contributed by atoms with Crippen molar-refractivity contribution in [2.24, 2.45) is 0 Å². The number of hydrogen-bond acceptors (Lipinski definition) is 2. The molecular weight excluding hydrogens is 258 g/mol. The van der Waals surface area contributed by atoms with Gasteiger partial charge in [-0.2, -0.15) is 0 Å². The Morgan fingerprint density at radius 3 is 2.62 bits per heavy atom. The van der Waals surface area contributed by atoms with Crippen LogP contribution in [0.2, 0.25) is 0 Å². The van der Waals surface area contributed by atoms with Gasteiger partial charge < -0.3 is 4.90 Å². The van der Waals surface area contributed by atoms with E-state index in [1.165, 1.54) is 11.3 Å². The summed E-state index contributed by atoms with van der Waals surface area (Å²) in [7, 11) is 0. The summed E-state index contributed by atoms with van der Waals surface area (Å²) in [6.07, 6.45) is 2.48. The Kier molecular flexibility index (Phi) is 3.87. The third kappa shape index (κ3) is 2.75. The summed E-state index contributed by atoms with van der Waals surface area (Å²) in [5.74, 6) is 0.490. The molecular formula is C19H19NO. The molecule has 2 heteroatoms. The number of carbonyl (C=O) groups excluding carboxylic acids is 1. The van der Waals surface area contributed by atoms with Gasteiger partial charge in [0, 0.05) is 36.7 Å². The number of fused-ring (bicyclic) bond motifs is 1. The fraction of sp³-hybridized carbons (Fsp3) is 0.211. The van der Waals surface area contributed by atoms with Crippen LogP contribution < -0.4 is 4.90 Å². The van der Waals surface area contributed by atoms with Crippen molar-refractivity contribution in [2.75, 3.05) is 18.0 Å². The first-order chi connectivity index (χ1) is 10.3. The lowest BCUT2D eigenvalue weighted by Crippen LogP contribution is -2.22. The minimum absolute atomic E-state index is 0.218. The molecule has 0 radical (unpaired) electrons. The largest absolute Gasteiger partial charge is 0.367 e. The van der Waals surface area contributed by atoms with Crippen LogP contribution in [-0.2, 0) is 0 Å². The van der Waals surface area contributed by atoms with Gasteiger partial charge in [0.15, 0.2) is 5.78 Å². The second-order valence-electron chi connectivity index (χ2n) is 5.44. The average Bonchev–Trinajstić information content (AvgIpc) is 2.87. The maximum absolute atomic E-state index is 12.4. The molecule has 0 N–H and O–H groups in total. The highest BCUT2D eigenvalue weighted by molar-refractivity contribution is 5.96. The number of anilines is 1. The molecule has 0 amide bonds. The van der Waals surface area contributed by atoms with Gasteiger partial charge in [0.05, 0.1) is 0 Å². The fourth-order valence-electron chi connectivity index (χ4n) is 3.05. The smallest absolute Gasteiger partial charge is 0.163 e. The number of carbonyl (C=O) groups is 1. The Morgan fingerprint density at radius 2 is 1.86 bits per heavy atom. The lowest BCUT2D eigenvalue weighted by atomic mass is 9.93. The predicted molar refractivity (Wildman–Crippen MR) is 87.0 cm³/mol. The van der Waals surface area contributed by atoms with Crippen LogP contribution in [0.15, 0.2) is 67.3 Å². The highest BCUT2D eigenvalue weighted by Crippen LogP contribution is 2.38. The Balaban J connectivity index is 1.81. The first-order valence-corrected chi connectivity index (χ1v) is 7.32. The quantitative estimate of drug-likeness (QED) is 0.607. The summed E-state index contributed by atoms with van der Waals surface area (Å²) < 4.78 is 0. The van der Waals surface area contributed by atoms with Gasteiger partial charge in [-0.25, -0.2) is 0 Å². The molecule has 2 aromatic carbocycles. The molecule has 2 aromatic rings. The van der Waals surface area contributed by atoms with Crippen LogP contribution in [0.3, 0.4) is 0 Å². The molecule has 0 bridgehead atoms. The monoisotopic (exact) mass is 277 g/mol. The Hall–Kier alpha value is -2.35. The second-order valence-corrected chi connectivity index (χ2v) is 5.44. The molecule has 2 nitrogen and oxygen atoms in total. The van der Waals surface area contributed by atoms with Gasteiger partial charge in [0.2, 0.25) is 0 Å². The van der Waals surface area contributed by atoms with Crippen molar-refractivity contribution < 1.29 is 4.79 Å². The van der Waals surface area contributed by atoms with Crippen LogP contribution in [0.5, 0.6) is 0 Å². The van der Waals surface area contributed by atoms with Crippen LogP contribution in [-0.4, -0.2) is 18.9 Å². The number of para-hydroxylation sites is 1. The molecule has 1 atom stereocenters. The molecule has 0 spiro atoms. The summed E-state index contributed by atoms with van der Waals surface area (Å²) in [6, 6.07) is 17.9. The van der Waals surface area contributed by atoms with Crippen molar-refractivity contribution in [3.8, 4) is 0 Å². The van der Waals surface area contributed by atoms with Gasteiger partial charge >= 0.3 is 0 Å². The van der Waals surface area contributed by atoms with E-state index in [1.807, 2.05) is 36.4 Å². The van der Waals surface area contributed by atoms with E-state index >= 15 is 0 Å². The van der Waals surface area contributed by atoms with Gasteiger partial charge in [-0.1, -0.05) is 54.6 Å². The Morgan fingerprint density at radius 1 is 1.14 bits per heavy atom. The molecule has 0 aliphatic carbocycles. The molecule has 1 heterocycles. The number of Topliss-reactive ketones (excluding diaryl/α,β-unsaturated/α-hetero) is 1. The van der Waals surface area contributed by atoms with Gasteiger partial charge in [-0.3, -0.25) is 4.79 Å². The van der Waals surface area contributed by atoms with E-state index in [9.17, 15) is 4.79 Å². The van der Waals surface area contributed by atoms with E-state index in [0.717, 1.165) is 18.7 Å². The van der Waals surface area contributed by atoms with Crippen LogP contribution >= 0.6 is 0 Å². The van der Waals surface area contributed by atoms with E-state index in [1.54, 1.807) is 0 Å². The van der Waals surface area contributed by atoms with Crippen LogP contribution in [0, 0.1) is 0 Å². The highest BCUT2D eigenvalue weighted by Gasteiger charge is 2.29. The summed E-state index contributed by atoms with van der Waals surface area (Å²) in [6.45, 7) is 5.54. The molecule has 1 unspecified atom stereocenters. The molecule has 1 aliphatic rings. The lowest BCUT2D eigenvalue weighted by Gasteiger charge is -2.17. The summed E-state index contributed by atoms with van der Waals surface area (Å²) in [5.41, 5.74) is 3.32. The van der Waals surface area contributed by atoms with E-state index in [4.69, 9.17) is 0 Å². The van der Waals surface area contributed by atoms with E-state index in [2.05, 4.69) is 35.7 Å². The number of benzene rings is 2. The van der Waals surface area contributed by atoms with E-state index < -0.39 is 0 Å². The lowest BCUT2D eigenvalue weighted by molar-refractivity contribution is 0.0975. The van der Waals surface area contributed by atoms with Crippen molar-refractivity contribution in [1.82, 2.24) is 0 Å². The average molecular weight is 277 g/mol. The Bertz CT molecular complexity index is 648. The minimum atomic E-state index is 0.218. The zero-order chi connectivity index (χ0) is 14.7. The number of hydrogen-bond donors (Lipinski definition) is 0. The van der Waals surface area contributed by atoms with Crippen molar-refractivity contribution in [2.45, 2.75) is 12.3 Å². The van der Waals surface area contributed by atoms with E-state index in [0.29, 0.717) is 6.42 Å². The number of nitrogens with zero attached hydrogens (tertiary/aromatic N) is 1. The van der Waals surface area contributed by atoms with Gasteiger partial charge in [0.25, 0.3) is 0 Å². The normalized spacial score (nSPS) is 16.6. The third-order valence-electron chi connectivity index (χ3n) is 4.04. The van der Waals surface area contributed by atoms with Crippen molar-refractivity contribution in [3.05, 3.63) is 78.4 Å². The van der Waals surface area contributed by atoms with Crippen molar-refractivity contribution >= 4 is 11.5 Å². The number of rotatable bonds is 5. The molecule has 0 saturated carbocycles. The molecule has 21 heavy (non-hydrogen) atoms. The zero-order valence-corrected chi connectivity index (χ0v) is 12.0.